The summed E-state index contributed by atoms with van der Waals surface area (Å²) < 4.78 is 0. The summed E-state index contributed by atoms with van der Waals surface area (Å²) in [5.74, 6) is 0.992. The minimum absolute atomic E-state index is 0. The fourth-order valence-electron chi connectivity index (χ4n) is 1.17. The van der Waals surface area contributed by atoms with Crippen LogP contribution in [0.15, 0.2) is 0 Å². The first-order valence-electron chi connectivity index (χ1n) is 4.80. The Kier molecular flexibility index (Phi) is 12.9. The molecule has 2 unspecified atom stereocenters. The normalized spacial score (nSPS) is 15.0. The van der Waals surface area contributed by atoms with Gasteiger partial charge in [-0.2, -0.15) is 0 Å². The molecule has 0 aromatic carbocycles. The number of hydrogen-bond donors (Lipinski definition) is 0. The van der Waals surface area contributed by atoms with E-state index in [-0.39, 0.29) is 36.2 Å². The number of unbranched alkanes of at least 4 members (excludes halogenated alkanes) is 2. The standard InChI is InChI=1S/C10H21O.Na/c1-4-5-6-7-9(2)10(3)8-11;/h9-10H,4-8H2,1-3H3;/q-1;+1. The fourth-order valence-corrected chi connectivity index (χ4v) is 1.17. The van der Waals surface area contributed by atoms with E-state index >= 15 is 0 Å². The van der Waals surface area contributed by atoms with E-state index in [1.54, 1.807) is 0 Å². The first kappa shape index (κ1) is 15.4. The van der Waals surface area contributed by atoms with Crippen LogP contribution in [0, 0.1) is 11.8 Å². The van der Waals surface area contributed by atoms with E-state index in [0.717, 1.165) is 0 Å². The predicted octanol–water partition coefficient (Wildman–Crippen LogP) is -0.797. The van der Waals surface area contributed by atoms with Crippen molar-refractivity contribution in [1.82, 2.24) is 0 Å². The van der Waals surface area contributed by atoms with Gasteiger partial charge in [-0.25, -0.2) is 0 Å². The molecule has 0 heterocycles. The van der Waals surface area contributed by atoms with E-state index in [4.69, 9.17) is 0 Å². The topological polar surface area (TPSA) is 23.1 Å². The molecule has 0 aromatic heterocycles. The molecule has 0 saturated heterocycles. The molecule has 0 amide bonds. The molecule has 0 N–H and O–H groups in total. The second kappa shape index (κ2) is 10.0. The first-order valence-corrected chi connectivity index (χ1v) is 4.80. The molecule has 0 fully saturated rings. The summed E-state index contributed by atoms with van der Waals surface area (Å²) in [6, 6.07) is 0. The zero-order chi connectivity index (χ0) is 8.69. The van der Waals surface area contributed by atoms with Crippen molar-refractivity contribution in [1.29, 1.82) is 0 Å². The quantitative estimate of drug-likeness (QED) is 0.388. The Morgan fingerprint density at radius 3 is 2.08 bits per heavy atom. The molecule has 2 atom stereocenters. The summed E-state index contributed by atoms with van der Waals surface area (Å²) in [7, 11) is 0. The zero-order valence-corrected chi connectivity index (χ0v) is 11.1. The molecule has 2 heteroatoms. The SMILES string of the molecule is CCCCCC(C)C(C)C[O-].[Na+]. The number of rotatable bonds is 6. The van der Waals surface area contributed by atoms with E-state index in [0.29, 0.717) is 11.8 Å². The molecule has 0 aliphatic heterocycles. The van der Waals surface area contributed by atoms with Gasteiger partial charge in [0.25, 0.3) is 0 Å². The third-order valence-corrected chi connectivity index (χ3v) is 2.50. The van der Waals surface area contributed by atoms with Crippen LogP contribution in [-0.2, 0) is 0 Å². The third kappa shape index (κ3) is 7.60. The molecule has 0 saturated carbocycles. The molecule has 12 heavy (non-hydrogen) atoms. The van der Waals surface area contributed by atoms with E-state index < -0.39 is 0 Å². The smallest absolute Gasteiger partial charge is 0.854 e. The van der Waals surface area contributed by atoms with Gasteiger partial charge in [0, 0.05) is 0 Å². The molecular formula is C10H21NaO. The van der Waals surface area contributed by atoms with Gasteiger partial charge in [-0.05, 0) is 5.92 Å². The average molecular weight is 180 g/mol. The van der Waals surface area contributed by atoms with Gasteiger partial charge in [-0.3, -0.25) is 0 Å². The maximum Gasteiger partial charge on any atom is 1.00 e. The summed E-state index contributed by atoms with van der Waals surface area (Å²) in [5.41, 5.74) is 0. The Bertz CT molecular complexity index is 85.9. The number of hydrogen-bond acceptors (Lipinski definition) is 1. The molecular weight excluding hydrogens is 159 g/mol. The van der Waals surface area contributed by atoms with Gasteiger partial charge in [0.1, 0.15) is 0 Å². The molecule has 0 aromatic rings. The van der Waals surface area contributed by atoms with Crippen molar-refractivity contribution in [3.8, 4) is 0 Å². The van der Waals surface area contributed by atoms with Crippen molar-refractivity contribution in [2.24, 2.45) is 11.8 Å². The second-order valence-corrected chi connectivity index (χ2v) is 3.62. The van der Waals surface area contributed by atoms with E-state index in [9.17, 15) is 5.11 Å². The van der Waals surface area contributed by atoms with Crippen LogP contribution in [0.5, 0.6) is 0 Å². The van der Waals surface area contributed by atoms with Gasteiger partial charge in [0.2, 0.25) is 0 Å². The first-order chi connectivity index (χ1) is 5.22. The van der Waals surface area contributed by atoms with Gasteiger partial charge in [-0.1, -0.05) is 52.4 Å². The molecule has 0 spiro atoms. The molecule has 0 rings (SSSR count). The molecule has 0 aliphatic carbocycles. The Morgan fingerprint density at radius 2 is 1.67 bits per heavy atom. The van der Waals surface area contributed by atoms with Crippen molar-refractivity contribution < 1.29 is 34.7 Å². The van der Waals surface area contributed by atoms with Crippen LogP contribution in [0.4, 0.5) is 0 Å². The van der Waals surface area contributed by atoms with Gasteiger partial charge < -0.3 is 5.11 Å². The monoisotopic (exact) mass is 180 g/mol. The van der Waals surface area contributed by atoms with E-state index in [1.165, 1.54) is 25.7 Å². The minimum atomic E-state index is 0. The van der Waals surface area contributed by atoms with Gasteiger partial charge >= 0.3 is 29.6 Å². The Balaban J connectivity index is 0. The summed E-state index contributed by atoms with van der Waals surface area (Å²) in [6.45, 7) is 6.55. The van der Waals surface area contributed by atoms with Crippen molar-refractivity contribution in [3.63, 3.8) is 0 Å². The minimum Gasteiger partial charge on any atom is -0.854 e. The Hall–Kier alpha value is 0.960. The van der Waals surface area contributed by atoms with Gasteiger partial charge in [-0.15, -0.1) is 6.61 Å². The zero-order valence-electron chi connectivity index (χ0n) is 9.10. The third-order valence-electron chi connectivity index (χ3n) is 2.50. The van der Waals surface area contributed by atoms with Crippen LogP contribution in [-0.4, -0.2) is 6.61 Å². The van der Waals surface area contributed by atoms with Crippen molar-refractivity contribution in [3.05, 3.63) is 0 Å². The van der Waals surface area contributed by atoms with Crippen LogP contribution >= 0.6 is 0 Å². The van der Waals surface area contributed by atoms with Crippen LogP contribution in [0.2, 0.25) is 0 Å². The van der Waals surface area contributed by atoms with Crippen LogP contribution in [0.25, 0.3) is 0 Å². The van der Waals surface area contributed by atoms with E-state index in [1.807, 2.05) is 0 Å². The van der Waals surface area contributed by atoms with Crippen molar-refractivity contribution >= 4 is 0 Å². The van der Waals surface area contributed by atoms with Gasteiger partial charge in [0.05, 0.1) is 0 Å². The van der Waals surface area contributed by atoms with Crippen LogP contribution in [0.1, 0.15) is 46.5 Å². The molecule has 1 nitrogen and oxygen atoms in total. The maximum atomic E-state index is 10.5. The van der Waals surface area contributed by atoms with Gasteiger partial charge in [0.15, 0.2) is 0 Å². The average Bonchev–Trinajstić information content (AvgIpc) is 2.03. The Labute approximate surface area is 99.2 Å². The fraction of sp³-hybridized carbons (Fsp3) is 1.00. The summed E-state index contributed by atoms with van der Waals surface area (Å²) in [6.07, 6.45) is 5.12. The predicted molar refractivity (Wildman–Crippen MR) is 47.3 cm³/mol. The van der Waals surface area contributed by atoms with Crippen molar-refractivity contribution in [2.75, 3.05) is 6.61 Å². The molecule has 0 bridgehead atoms. The second-order valence-electron chi connectivity index (χ2n) is 3.62. The summed E-state index contributed by atoms with van der Waals surface area (Å²) in [4.78, 5) is 0. The molecule has 0 radical (unpaired) electrons. The van der Waals surface area contributed by atoms with Crippen molar-refractivity contribution in [2.45, 2.75) is 46.5 Å². The molecule has 68 valence electrons. The maximum absolute atomic E-state index is 10.5. The molecule has 0 aliphatic rings. The van der Waals surface area contributed by atoms with Crippen LogP contribution < -0.4 is 34.7 Å². The van der Waals surface area contributed by atoms with Crippen LogP contribution in [0.3, 0.4) is 0 Å². The summed E-state index contributed by atoms with van der Waals surface area (Å²) in [5, 5.41) is 10.5. The largest absolute Gasteiger partial charge is 1.00 e. The summed E-state index contributed by atoms with van der Waals surface area (Å²) >= 11 is 0. The van der Waals surface area contributed by atoms with E-state index in [2.05, 4.69) is 20.8 Å². The Morgan fingerprint density at radius 1 is 1.08 bits per heavy atom.